The first kappa shape index (κ1) is 15.1. The zero-order chi connectivity index (χ0) is 15.3. The molecule has 0 amide bonds. The van der Waals surface area contributed by atoms with Crippen molar-refractivity contribution < 1.29 is 9.13 Å². The molecule has 1 aliphatic heterocycles. The van der Waals surface area contributed by atoms with Crippen LogP contribution in [0.15, 0.2) is 42.7 Å². The fourth-order valence-corrected chi connectivity index (χ4v) is 2.50. The number of hydrogen-bond acceptors (Lipinski definition) is 4. The van der Waals surface area contributed by atoms with Gasteiger partial charge in [0.15, 0.2) is 5.67 Å². The summed E-state index contributed by atoms with van der Waals surface area (Å²) in [5.74, 6) is 0. The zero-order valence-electron chi connectivity index (χ0n) is 12.5. The first-order chi connectivity index (χ1) is 10.8. The van der Waals surface area contributed by atoms with E-state index in [4.69, 9.17) is 4.74 Å². The minimum atomic E-state index is -1.34. The normalized spacial score (nSPS) is 22.4. The minimum Gasteiger partial charge on any atom is -0.377 e. The number of hydrogen-bond donors (Lipinski definition) is 2. The van der Waals surface area contributed by atoms with E-state index >= 15 is 0 Å². The average Bonchev–Trinajstić information content (AvgIpc) is 2.98. The molecule has 22 heavy (non-hydrogen) atoms. The van der Waals surface area contributed by atoms with Crippen LogP contribution in [0.4, 0.5) is 4.39 Å². The van der Waals surface area contributed by atoms with Gasteiger partial charge in [-0.1, -0.05) is 12.1 Å². The lowest BCUT2D eigenvalue weighted by Crippen LogP contribution is -2.46. The average molecular weight is 304 g/mol. The van der Waals surface area contributed by atoms with Gasteiger partial charge in [-0.2, -0.15) is 5.10 Å². The summed E-state index contributed by atoms with van der Waals surface area (Å²) in [5.41, 5.74) is 0.782. The molecule has 1 aliphatic rings. The van der Waals surface area contributed by atoms with Crippen LogP contribution in [0, 0.1) is 0 Å². The topological polar surface area (TPSA) is 51.1 Å². The van der Waals surface area contributed by atoms with E-state index in [1.54, 1.807) is 6.20 Å². The second-order valence-electron chi connectivity index (χ2n) is 5.60. The van der Waals surface area contributed by atoms with E-state index in [9.17, 15) is 4.39 Å². The fourth-order valence-electron chi connectivity index (χ4n) is 2.50. The highest BCUT2D eigenvalue weighted by Crippen LogP contribution is 2.13. The largest absolute Gasteiger partial charge is 0.377 e. The third kappa shape index (κ3) is 3.91. The summed E-state index contributed by atoms with van der Waals surface area (Å²) in [6, 6.07) is 9.95. The number of aromatic nitrogens is 2. The van der Waals surface area contributed by atoms with Gasteiger partial charge >= 0.3 is 0 Å². The Bertz CT molecular complexity index is 562. The number of nitrogens with zero attached hydrogens (tertiary/aromatic N) is 2. The van der Waals surface area contributed by atoms with Gasteiger partial charge in [0.2, 0.25) is 0 Å². The van der Waals surface area contributed by atoms with Gasteiger partial charge in [-0.25, -0.2) is 9.07 Å². The third-order valence-electron chi connectivity index (χ3n) is 3.70. The van der Waals surface area contributed by atoms with Gasteiger partial charge in [-0.05, 0) is 23.8 Å². The number of ether oxygens (including phenoxy) is 1. The molecule has 2 N–H and O–H groups in total. The van der Waals surface area contributed by atoms with Crippen LogP contribution < -0.4 is 10.6 Å². The molecule has 2 heterocycles. The smallest absolute Gasteiger partial charge is 0.158 e. The lowest BCUT2D eigenvalue weighted by molar-refractivity contribution is 0.0381. The van der Waals surface area contributed by atoms with Crippen molar-refractivity contribution in [3.05, 3.63) is 48.3 Å². The maximum absolute atomic E-state index is 14.5. The van der Waals surface area contributed by atoms with Crippen molar-refractivity contribution in [2.75, 3.05) is 32.8 Å². The molecule has 1 saturated heterocycles. The van der Waals surface area contributed by atoms with E-state index in [0.29, 0.717) is 26.2 Å². The van der Waals surface area contributed by atoms with Crippen LogP contribution in [0.3, 0.4) is 0 Å². The highest BCUT2D eigenvalue weighted by atomic mass is 19.1. The molecule has 3 rings (SSSR count). The van der Waals surface area contributed by atoms with Gasteiger partial charge in [0.1, 0.15) is 0 Å². The Kier molecular flexibility index (Phi) is 4.82. The Morgan fingerprint density at radius 3 is 3.00 bits per heavy atom. The quantitative estimate of drug-likeness (QED) is 0.874. The molecule has 1 unspecified atom stereocenters. The van der Waals surface area contributed by atoms with E-state index in [0.717, 1.165) is 11.3 Å². The molecule has 1 aromatic carbocycles. The molecule has 0 saturated carbocycles. The second-order valence-corrected chi connectivity index (χ2v) is 5.60. The number of halogens is 1. The monoisotopic (exact) mass is 304 g/mol. The number of rotatable bonds is 5. The summed E-state index contributed by atoms with van der Waals surface area (Å²) < 4.78 is 21.6. The van der Waals surface area contributed by atoms with Gasteiger partial charge in [0.05, 0.1) is 18.9 Å². The molecule has 1 atom stereocenters. The second kappa shape index (κ2) is 7.00. The third-order valence-corrected chi connectivity index (χ3v) is 3.70. The lowest BCUT2D eigenvalue weighted by Gasteiger charge is -2.23. The van der Waals surface area contributed by atoms with Gasteiger partial charge in [-0.3, -0.25) is 0 Å². The highest BCUT2D eigenvalue weighted by Gasteiger charge is 2.30. The van der Waals surface area contributed by atoms with Crippen LogP contribution in [0.5, 0.6) is 0 Å². The van der Waals surface area contributed by atoms with Crippen LogP contribution >= 0.6 is 0 Å². The molecule has 118 valence electrons. The van der Waals surface area contributed by atoms with Crippen molar-refractivity contribution in [1.82, 2.24) is 20.4 Å². The predicted octanol–water partition coefficient (Wildman–Crippen LogP) is 1.29. The van der Waals surface area contributed by atoms with E-state index in [1.807, 2.05) is 41.2 Å². The van der Waals surface area contributed by atoms with Gasteiger partial charge in [0.25, 0.3) is 0 Å². The number of alkyl halides is 1. The summed E-state index contributed by atoms with van der Waals surface area (Å²) in [4.78, 5) is 0. The van der Waals surface area contributed by atoms with Crippen molar-refractivity contribution in [1.29, 1.82) is 0 Å². The van der Waals surface area contributed by atoms with Gasteiger partial charge in [0, 0.05) is 38.6 Å². The standard InChI is InChI=1S/C16H21FN4O/c17-16(11-18-7-9-22-13-16)12-19-10-14-2-4-15(5-3-14)21-8-1-6-20-21/h1-6,8,18-19H,7,9-13H2. The van der Waals surface area contributed by atoms with Crippen LogP contribution in [0.1, 0.15) is 5.56 Å². The summed E-state index contributed by atoms with van der Waals surface area (Å²) >= 11 is 0. The number of nitrogens with one attached hydrogen (secondary N) is 2. The van der Waals surface area contributed by atoms with Crippen molar-refractivity contribution in [3.63, 3.8) is 0 Å². The van der Waals surface area contributed by atoms with Crippen LogP contribution in [0.2, 0.25) is 0 Å². The Morgan fingerprint density at radius 1 is 1.36 bits per heavy atom. The van der Waals surface area contributed by atoms with E-state index in [-0.39, 0.29) is 13.2 Å². The van der Waals surface area contributed by atoms with Crippen molar-refractivity contribution in [2.24, 2.45) is 0 Å². The summed E-state index contributed by atoms with van der Waals surface area (Å²) in [7, 11) is 0. The molecular formula is C16H21FN4O. The maximum atomic E-state index is 14.5. The van der Waals surface area contributed by atoms with E-state index in [1.165, 1.54) is 0 Å². The molecule has 1 aromatic heterocycles. The molecule has 0 spiro atoms. The molecule has 2 aromatic rings. The molecule has 0 bridgehead atoms. The Morgan fingerprint density at radius 2 is 2.23 bits per heavy atom. The highest BCUT2D eigenvalue weighted by molar-refractivity contribution is 5.33. The Hall–Kier alpha value is -1.76. The van der Waals surface area contributed by atoms with Crippen LogP contribution in [-0.2, 0) is 11.3 Å². The zero-order valence-corrected chi connectivity index (χ0v) is 12.5. The van der Waals surface area contributed by atoms with E-state index < -0.39 is 5.67 Å². The van der Waals surface area contributed by atoms with E-state index in [2.05, 4.69) is 15.7 Å². The van der Waals surface area contributed by atoms with Gasteiger partial charge < -0.3 is 15.4 Å². The molecular weight excluding hydrogens is 283 g/mol. The molecule has 5 nitrogen and oxygen atoms in total. The van der Waals surface area contributed by atoms with Gasteiger partial charge in [-0.15, -0.1) is 0 Å². The van der Waals surface area contributed by atoms with Crippen molar-refractivity contribution in [2.45, 2.75) is 12.2 Å². The van der Waals surface area contributed by atoms with Crippen molar-refractivity contribution >= 4 is 0 Å². The molecule has 0 radical (unpaired) electrons. The summed E-state index contributed by atoms with van der Waals surface area (Å²) in [5, 5.41) is 10.4. The van der Waals surface area contributed by atoms with Crippen molar-refractivity contribution in [3.8, 4) is 5.69 Å². The number of benzene rings is 1. The first-order valence-corrected chi connectivity index (χ1v) is 7.52. The lowest BCUT2D eigenvalue weighted by atomic mass is 10.1. The Balaban J connectivity index is 1.51. The molecule has 1 fully saturated rings. The Labute approximate surface area is 129 Å². The fraction of sp³-hybridized carbons (Fsp3) is 0.438. The first-order valence-electron chi connectivity index (χ1n) is 7.52. The minimum absolute atomic E-state index is 0.144. The van der Waals surface area contributed by atoms with Crippen LogP contribution in [-0.4, -0.2) is 48.3 Å². The van der Waals surface area contributed by atoms with Crippen LogP contribution in [0.25, 0.3) is 5.69 Å². The summed E-state index contributed by atoms with van der Waals surface area (Å²) in [6.45, 7) is 2.66. The molecule has 6 heteroatoms. The predicted molar refractivity (Wildman–Crippen MR) is 82.8 cm³/mol. The summed E-state index contributed by atoms with van der Waals surface area (Å²) in [6.07, 6.45) is 3.65. The maximum Gasteiger partial charge on any atom is 0.158 e. The SMILES string of the molecule is FC1(CNCc2ccc(-n3cccn3)cc2)CNCCOC1. The molecule has 0 aliphatic carbocycles.